The molecule has 1 aromatic carbocycles. The summed E-state index contributed by atoms with van der Waals surface area (Å²) in [4.78, 5) is -0.175. The first-order chi connectivity index (χ1) is 8.88. The average Bonchev–Trinajstić information content (AvgIpc) is 2.31. The average molecular weight is 286 g/mol. The molecule has 2 atom stereocenters. The molecule has 4 nitrogen and oxygen atoms in total. The first-order valence-corrected chi connectivity index (χ1v) is 7.94. The van der Waals surface area contributed by atoms with E-state index in [0.29, 0.717) is 5.92 Å². The third-order valence-electron chi connectivity index (χ3n) is 3.52. The van der Waals surface area contributed by atoms with Crippen LogP contribution in [0, 0.1) is 11.7 Å². The number of hydrogen-bond acceptors (Lipinski definition) is 3. The second kappa shape index (κ2) is 5.46. The van der Waals surface area contributed by atoms with E-state index >= 15 is 0 Å². The van der Waals surface area contributed by atoms with Crippen molar-refractivity contribution in [3.8, 4) is 0 Å². The maximum atomic E-state index is 13.2. The monoisotopic (exact) mass is 286 g/mol. The van der Waals surface area contributed by atoms with Crippen LogP contribution in [0.5, 0.6) is 0 Å². The third-order valence-corrected chi connectivity index (χ3v) is 5.10. The first-order valence-electron chi connectivity index (χ1n) is 6.46. The van der Waals surface area contributed by atoms with Gasteiger partial charge in [-0.05, 0) is 37.0 Å². The topological polar surface area (TPSA) is 72.2 Å². The van der Waals surface area contributed by atoms with Crippen molar-refractivity contribution in [1.82, 2.24) is 4.72 Å². The van der Waals surface area contributed by atoms with E-state index in [-0.39, 0.29) is 16.6 Å². The smallest absolute Gasteiger partial charge is 0.242 e. The zero-order valence-electron chi connectivity index (χ0n) is 10.9. The van der Waals surface area contributed by atoms with Crippen molar-refractivity contribution in [1.29, 1.82) is 0 Å². The summed E-state index contributed by atoms with van der Waals surface area (Å²) in [6.45, 7) is 2.11. The molecule has 0 amide bonds. The van der Waals surface area contributed by atoms with Gasteiger partial charge in [-0.1, -0.05) is 19.8 Å². The maximum Gasteiger partial charge on any atom is 0.242 e. The highest BCUT2D eigenvalue weighted by Crippen LogP contribution is 2.26. The lowest BCUT2D eigenvalue weighted by atomic mass is 9.88. The second-order valence-corrected chi connectivity index (χ2v) is 6.95. The Labute approximate surface area is 113 Å². The summed E-state index contributed by atoms with van der Waals surface area (Å²) in [7, 11) is -3.75. The van der Waals surface area contributed by atoms with Gasteiger partial charge in [0.05, 0.1) is 5.69 Å². The summed E-state index contributed by atoms with van der Waals surface area (Å²) in [5, 5.41) is 0. The highest BCUT2D eigenvalue weighted by molar-refractivity contribution is 7.89. The molecule has 1 saturated carbocycles. The van der Waals surface area contributed by atoms with Crippen LogP contribution in [0.15, 0.2) is 23.1 Å². The van der Waals surface area contributed by atoms with Gasteiger partial charge in [0, 0.05) is 6.04 Å². The van der Waals surface area contributed by atoms with E-state index < -0.39 is 15.8 Å². The molecule has 0 radical (unpaired) electrons. The van der Waals surface area contributed by atoms with Crippen LogP contribution in [-0.4, -0.2) is 14.5 Å². The van der Waals surface area contributed by atoms with E-state index in [4.69, 9.17) is 5.73 Å². The Morgan fingerprint density at radius 1 is 1.37 bits per heavy atom. The van der Waals surface area contributed by atoms with Gasteiger partial charge in [0.1, 0.15) is 10.7 Å². The van der Waals surface area contributed by atoms with E-state index in [9.17, 15) is 12.8 Å². The number of nitrogen functional groups attached to an aromatic ring is 1. The fourth-order valence-electron chi connectivity index (χ4n) is 2.56. The predicted molar refractivity (Wildman–Crippen MR) is 72.6 cm³/mol. The SMILES string of the molecule is CC1CCCC(NS(=O)(=O)c2cc(F)ccc2N)C1. The zero-order chi connectivity index (χ0) is 14.0. The summed E-state index contributed by atoms with van der Waals surface area (Å²) in [5.74, 6) is -0.0992. The van der Waals surface area contributed by atoms with Crippen LogP contribution in [0.25, 0.3) is 0 Å². The molecular formula is C13H19FN2O2S. The van der Waals surface area contributed by atoms with Crippen LogP contribution < -0.4 is 10.5 Å². The minimum absolute atomic E-state index is 0.0674. The van der Waals surface area contributed by atoms with E-state index in [1.54, 1.807) is 0 Å². The Morgan fingerprint density at radius 3 is 2.79 bits per heavy atom. The van der Waals surface area contributed by atoms with E-state index in [1.165, 1.54) is 6.07 Å². The molecule has 0 aromatic heterocycles. The Bertz CT molecular complexity index is 560. The normalized spacial score (nSPS) is 24.3. The number of nitrogens with two attached hydrogens (primary N) is 1. The van der Waals surface area contributed by atoms with Gasteiger partial charge in [-0.15, -0.1) is 0 Å². The molecule has 106 valence electrons. The fourth-order valence-corrected chi connectivity index (χ4v) is 3.99. The molecule has 1 aromatic rings. The van der Waals surface area contributed by atoms with Gasteiger partial charge < -0.3 is 5.73 Å². The Morgan fingerprint density at radius 2 is 2.11 bits per heavy atom. The number of hydrogen-bond donors (Lipinski definition) is 2. The lowest BCUT2D eigenvalue weighted by molar-refractivity contribution is 0.327. The van der Waals surface area contributed by atoms with Crippen molar-refractivity contribution in [2.75, 3.05) is 5.73 Å². The zero-order valence-corrected chi connectivity index (χ0v) is 11.7. The van der Waals surface area contributed by atoms with Crippen LogP contribution in [0.3, 0.4) is 0 Å². The van der Waals surface area contributed by atoms with Gasteiger partial charge in [-0.25, -0.2) is 17.5 Å². The summed E-state index contributed by atoms with van der Waals surface area (Å²) in [6, 6.07) is 3.30. The summed E-state index contributed by atoms with van der Waals surface area (Å²) in [6.07, 6.45) is 3.76. The van der Waals surface area contributed by atoms with Gasteiger partial charge >= 0.3 is 0 Å². The van der Waals surface area contributed by atoms with Crippen molar-refractivity contribution in [2.24, 2.45) is 5.92 Å². The third kappa shape index (κ3) is 3.45. The molecule has 2 unspecified atom stereocenters. The molecular weight excluding hydrogens is 267 g/mol. The van der Waals surface area contributed by atoms with Gasteiger partial charge in [0.25, 0.3) is 0 Å². The molecule has 0 aliphatic heterocycles. The minimum atomic E-state index is -3.75. The van der Waals surface area contributed by atoms with Gasteiger partial charge in [-0.2, -0.15) is 0 Å². The van der Waals surface area contributed by atoms with Crippen molar-refractivity contribution in [3.63, 3.8) is 0 Å². The number of nitrogens with one attached hydrogen (secondary N) is 1. The highest BCUT2D eigenvalue weighted by Gasteiger charge is 2.26. The first kappa shape index (κ1) is 14.3. The Balaban J connectivity index is 2.20. The molecule has 0 bridgehead atoms. The Kier molecular flexibility index (Phi) is 4.10. The van der Waals surface area contributed by atoms with Crippen LogP contribution in [0.2, 0.25) is 0 Å². The Hall–Kier alpha value is -1.14. The maximum absolute atomic E-state index is 13.2. The van der Waals surface area contributed by atoms with Crippen molar-refractivity contribution >= 4 is 15.7 Å². The molecule has 0 saturated heterocycles. The number of benzene rings is 1. The molecule has 0 heterocycles. The number of rotatable bonds is 3. The lowest BCUT2D eigenvalue weighted by Crippen LogP contribution is -2.38. The van der Waals surface area contributed by atoms with Crippen molar-refractivity contribution in [2.45, 2.75) is 43.5 Å². The molecule has 0 spiro atoms. The number of anilines is 1. The largest absolute Gasteiger partial charge is 0.398 e. The predicted octanol–water partition coefficient (Wildman–Crippen LogP) is 2.26. The van der Waals surface area contributed by atoms with Crippen molar-refractivity contribution < 1.29 is 12.8 Å². The van der Waals surface area contributed by atoms with E-state index in [1.807, 2.05) is 0 Å². The molecule has 2 rings (SSSR count). The van der Waals surface area contributed by atoms with E-state index in [2.05, 4.69) is 11.6 Å². The number of sulfonamides is 1. The molecule has 1 fully saturated rings. The second-order valence-electron chi connectivity index (χ2n) is 5.27. The fraction of sp³-hybridized carbons (Fsp3) is 0.538. The summed E-state index contributed by atoms with van der Waals surface area (Å²) >= 11 is 0. The van der Waals surface area contributed by atoms with Crippen LogP contribution >= 0.6 is 0 Å². The van der Waals surface area contributed by atoms with E-state index in [0.717, 1.165) is 37.8 Å². The van der Waals surface area contributed by atoms with Crippen LogP contribution in [0.1, 0.15) is 32.6 Å². The lowest BCUT2D eigenvalue weighted by Gasteiger charge is -2.27. The van der Waals surface area contributed by atoms with Gasteiger partial charge in [-0.3, -0.25) is 0 Å². The number of halogens is 1. The summed E-state index contributed by atoms with van der Waals surface area (Å²) < 4.78 is 40.3. The van der Waals surface area contributed by atoms with Crippen LogP contribution in [0.4, 0.5) is 10.1 Å². The van der Waals surface area contributed by atoms with Crippen molar-refractivity contribution in [3.05, 3.63) is 24.0 Å². The minimum Gasteiger partial charge on any atom is -0.398 e. The molecule has 3 N–H and O–H groups in total. The summed E-state index contributed by atoms with van der Waals surface area (Å²) in [5.41, 5.74) is 5.69. The molecule has 1 aliphatic rings. The molecule has 19 heavy (non-hydrogen) atoms. The van der Waals surface area contributed by atoms with Gasteiger partial charge in [0.15, 0.2) is 0 Å². The van der Waals surface area contributed by atoms with Crippen LogP contribution in [-0.2, 0) is 10.0 Å². The quantitative estimate of drug-likeness (QED) is 0.837. The highest BCUT2D eigenvalue weighted by atomic mass is 32.2. The molecule has 6 heteroatoms. The standard InChI is InChI=1S/C13H19FN2O2S/c1-9-3-2-4-11(7-9)16-19(17,18)13-8-10(14)5-6-12(13)15/h5-6,8-9,11,16H,2-4,7,15H2,1H3. The molecule has 1 aliphatic carbocycles. The van der Waals surface area contributed by atoms with Gasteiger partial charge in [0.2, 0.25) is 10.0 Å².